The molecule has 1 aliphatic carbocycles. The van der Waals surface area contributed by atoms with E-state index in [1.807, 2.05) is 12.2 Å². The van der Waals surface area contributed by atoms with E-state index in [1.54, 1.807) is 0 Å². The summed E-state index contributed by atoms with van der Waals surface area (Å²) in [4.78, 5) is 2.39. The molecule has 8 aromatic carbocycles. The molecule has 0 heterocycles. The quantitative estimate of drug-likeness (QED) is 0.0731. The van der Waals surface area contributed by atoms with Crippen LogP contribution in [0.3, 0.4) is 0 Å². The normalized spacial score (nSPS) is 12.8. The van der Waals surface area contributed by atoms with Crippen LogP contribution in [0, 0.1) is 0 Å². The van der Waals surface area contributed by atoms with Gasteiger partial charge in [-0.3, -0.25) is 0 Å². The molecule has 0 saturated carbocycles. The average molecular weight is 718 g/mol. The molecule has 0 unspecified atom stereocenters. The van der Waals surface area contributed by atoms with Crippen LogP contribution in [-0.2, 0) is 11.8 Å². The van der Waals surface area contributed by atoms with E-state index in [9.17, 15) is 0 Å². The molecule has 1 aliphatic rings. The van der Waals surface area contributed by atoms with Crippen molar-refractivity contribution in [1.29, 1.82) is 0 Å². The second kappa shape index (κ2) is 15.1. The Labute approximate surface area is 330 Å². The van der Waals surface area contributed by atoms with Gasteiger partial charge in [-0.25, -0.2) is 0 Å². The van der Waals surface area contributed by atoms with Crippen molar-refractivity contribution in [3.63, 3.8) is 0 Å². The Balaban J connectivity index is 1.19. The van der Waals surface area contributed by atoms with Crippen LogP contribution >= 0.6 is 0 Å². The standard InChI is InChI=1S/C55H43N/c1-3-5-16-40-26-31-48(32-27-40)56(49-33-29-44(30-34-49)42(4-2)37-41-25-28-43-17-12-13-18-45(43)38-41)50-35-36-52-51-23-14-15-24-53(51)55(54(52)39-50,46-19-8-6-9-20-46)47-21-10-7-11-22-47/h3-4,6-15,17-39H,1-2,5,16H2/b42-37+. The number of rotatable bonds is 11. The lowest BCUT2D eigenvalue weighted by atomic mass is 9.67. The lowest BCUT2D eigenvalue weighted by molar-refractivity contribution is 0.768. The molecule has 56 heavy (non-hydrogen) atoms. The molecule has 1 nitrogen and oxygen atoms in total. The minimum absolute atomic E-state index is 0.485. The first kappa shape index (κ1) is 34.8. The maximum absolute atomic E-state index is 4.21. The SMILES string of the molecule is C=CCCc1ccc(N(c2ccc(/C(C=C)=C/c3ccc4ccccc4c3)cc2)c2ccc3c(c2)C(c2ccccc2)(c2ccccc2)c2ccccc2-3)cc1. The molecule has 9 rings (SSSR count). The predicted molar refractivity (Wildman–Crippen MR) is 239 cm³/mol. The zero-order chi connectivity index (χ0) is 37.9. The first-order chi connectivity index (χ1) is 27.7. The number of hydrogen-bond donors (Lipinski definition) is 0. The van der Waals surface area contributed by atoms with Crippen LogP contribution in [0.1, 0.15) is 45.4 Å². The van der Waals surface area contributed by atoms with Gasteiger partial charge in [-0.15, -0.1) is 6.58 Å². The average Bonchev–Trinajstić information content (AvgIpc) is 3.56. The summed E-state index contributed by atoms with van der Waals surface area (Å²) in [6.45, 7) is 8.15. The van der Waals surface area contributed by atoms with Gasteiger partial charge in [0.25, 0.3) is 0 Å². The highest BCUT2D eigenvalue weighted by atomic mass is 15.1. The van der Waals surface area contributed by atoms with Crippen LogP contribution in [0.5, 0.6) is 0 Å². The molecule has 268 valence electrons. The maximum atomic E-state index is 4.21. The summed E-state index contributed by atoms with van der Waals surface area (Å²) in [5, 5.41) is 2.47. The van der Waals surface area contributed by atoms with E-state index >= 15 is 0 Å². The molecule has 0 bridgehead atoms. The molecule has 0 amide bonds. The van der Waals surface area contributed by atoms with Gasteiger partial charge in [-0.2, -0.15) is 0 Å². The lowest BCUT2D eigenvalue weighted by Gasteiger charge is -2.35. The van der Waals surface area contributed by atoms with Crippen LogP contribution in [0.15, 0.2) is 219 Å². The molecule has 0 radical (unpaired) electrons. The summed E-state index contributed by atoms with van der Waals surface area (Å²) in [6.07, 6.45) is 8.09. The maximum Gasteiger partial charge on any atom is 0.0714 e. The molecule has 1 heteroatoms. The third-order valence-electron chi connectivity index (χ3n) is 11.3. The van der Waals surface area contributed by atoms with Gasteiger partial charge in [0.15, 0.2) is 0 Å². The first-order valence-corrected chi connectivity index (χ1v) is 19.5. The fraction of sp³-hybridized carbons (Fsp3) is 0.0545. The minimum atomic E-state index is -0.485. The second-order valence-electron chi connectivity index (χ2n) is 14.5. The smallest absolute Gasteiger partial charge is 0.0714 e. The number of anilines is 3. The van der Waals surface area contributed by atoms with Crippen molar-refractivity contribution in [2.45, 2.75) is 18.3 Å². The van der Waals surface area contributed by atoms with Crippen LogP contribution in [0.4, 0.5) is 17.1 Å². The Morgan fingerprint density at radius 3 is 1.77 bits per heavy atom. The van der Waals surface area contributed by atoms with Crippen molar-refractivity contribution >= 4 is 39.5 Å². The Morgan fingerprint density at radius 2 is 1.09 bits per heavy atom. The third-order valence-corrected chi connectivity index (χ3v) is 11.3. The van der Waals surface area contributed by atoms with Crippen molar-refractivity contribution in [1.82, 2.24) is 0 Å². The van der Waals surface area contributed by atoms with Gasteiger partial charge in [0.05, 0.1) is 5.41 Å². The van der Waals surface area contributed by atoms with E-state index in [0.29, 0.717) is 0 Å². The van der Waals surface area contributed by atoms with E-state index in [1.165, 1.54) is 49.7 Å². The highest BCUT2D eigenvalue weighted by Gasteiger charge is 2.46. The molecule has 8 aromatic rings. The van der Waals surface area contributed by atoms with Crippen LogP contribution in [0.25, 0.3) is 33.5 Å². The van der Waals surface area contributed by atoms with Crippen LogP contribution in [-0.4, -0.2) is 0 Å². The van der Waals surface area contributed by atoms with E-state index in [-0.39, 0.29) is 0 Å². The fourth-order valence-corrected chi connectivity index (χ4v) is 8.64. The largest absolute Gasteiger partial charge is 0.310 e. The lowest BCUT2D eigenvalue weighted by Crippen LogP contribution is -2.28. The van der Waals surface area contributed by atoms with E-state index in [4.69, 9.17) is 0 Å². The molecule has 0 atom stereocenters. The van der Waals surface area contributed by atoms with Crippen molar-refractivity contribution in [3.8, 4) is 11.1 Å². The number of nitrogens with zero attached hydrogens (tertiary/aromatic N) is 1. The third kappa shape index (κ3) is 6.18. The Kier molecular flexibility index (Phi) is 9.35. The van der Waals surface area contributed by atoms with Crippen molar-refractivity contribution in [2.75, 3.05) is 4.90 Å². The highest BCUT2D eigenvalue weighted by Crippen LogP contribution is 2.57. The van der Waals surface area contributed by atoms with Gasteiger partial charge in [0.2, 0.25) is 0 Å². The molecular weight excluding hydrogens is 675 g/mol. The zero-order valence-corrected chi connectivity index (χ0v) is 31.5. The minimum Gasteiger partial charge on any atom is -0.310 e. The number of aryl methyl sites for hydroxylation is 1. The van der Waals surface area contributed by atoms with Crippen LogP contribution in [0.2, 0.25) is 0 Å². The Hall–Kier alpha value is -6.96. The number of hydrogen-bond acceptors (Lipinski definition) is 1. The van der Waals surface area contributed by atoms with Gasteiger partial charge in [0, 0.05) is 17.1 Å². The van der Waals surface area contributed by atoms with E-state index < -0.39 is 5.41 Å². The number of benzene rings is 8. The summed E-state index contributed by atoms with van der Waals surface area (Å²) < 4.78 is 0. The number of fused-ring (bicyclic) bond motifs is 4. The molecule has 0 aliphatic heterocycles. The summed E-state index contributed by atoms with van der Waals surface area (Å²) >= 11 is 0. The second-order valence-corrected chi connectivity index (χ2v) is 14.5. The fourth-order valence-electron chi connectivity index (χ4n) is 8.64. The monoisotopic (exact) mass is 717 g/mol. The Morgan fingerprint density at radius 1 is 0.500 bits per heavy atom. The predicted octanol–water partition coefficient (Wildman–Crippen LogP) is 14.5. The van der Waals surface area contributed by atoms with E-state index in [2.05, 4.69) is 218 Å². The van der Waals surface area contributed by atoms with Gasteiger partial charge in [0.1, 0.15) is 0 Å². The first-order valence-electron chi connectivity index (χ1n) is 19.5. The molecule has 0 saturated heterocycles. The highest BCUT2D eigenvalue weighted by molar-refractivity contribution is 5.93. The number of allylic oxidation sites excluding steroid dienone is 3. The molecule has 0 fully saturated rings. The van der Waals surface area contributed by atoms with Gasteiger partial charge in [-0.1, -0.05) is 170 Å². The molecule has 0 spiro atoms. The summed E-state index contributed by atoms with van der Waals surface area (Å²) in [6, 6.07) is 71.0. The van der Waals surface area contributed by atoms with Crippen LogP contribution < -0.4 is 4.90 Å². The van der Waals surface area contributed by atoms with Crippen molar-refractivity contribution < 1.29 is 0 Å². The summed E-state index contributed by atoms with van der Waals surface area (Å²) in [7, 11) is 0. The molecule has 0 aromatic heterocycles. The molecular formula is C55H43N. The summed E-state index contributed by atoms with van der Waals surface area (Å²) in [5.74, 6) is 0. The zero-order valence-electron chi connectivity index (χ0n) is 31.5. The Bertz CT molecular complexity index is 2660. The van der Waals surface area contributed by atoms with Gasteiger partial charge in [-0.05, 0) is 128 Å². The summed E-state index contributed by atoms with van der Waals surface area (Å²) in [5.41, 5.74) is 15.1. The van der Waals surface area contributed by atoms with Crippen molar-refractivity contribution in [2.24, 2.45) is 0 Å². The molecule has 0 N–H and O–H groups in total. The topological polar surface area (TPSA) is 3.24 Å². The van der Waals surface area contributed by atoms with Gasteiger partial charge >= 0.3 is 0 Å². The van der Waals surface area contributed by atoms with E-state index in [0.717, 1.165) is 46.6 Å². The van der Waals surface area contributed by atoms with Gasteiger partial charge < -0.3 is 4.90 Å². The van der Waals surface area contributed by atoms with Crippen molar-refractivity contribution in [3.05, 3.63) is 258 Å².